The van der Waals surface area contributed by atoms with Crippen LogP contribution in [0, 0.1) is 0 Å². The van der Waals surface area contributed by atoms with Gasteiger partial charge in [0, 0.05) is 29.7 Å². The summed E-state index contributed by atoms with van der Waals surface area (Å²) in [5.74, 6) is -0.209. The van der Waals surface area contributed by atoms with Crippen LogP contribution in [-0.2, 0) is 22.6 Å². The summed E-state index contributed by atoms with van der Waals surface area (Å²) in [7, 11) is 0. The Morgan fingerprint density at radius 3 is 2.69 bits per heavy atom. The summed E-state index contributed by atoms with van der Waals surface area (Å²) in [6, 6.07) is 6.38. The fourth-order valence-electron chi connectivity index (χ4n) is 4.72. The molecule has 32 heavy (non-hydrogen) atoms. The summed E-state index contributed by atoms with van der Waals surface area (Å²) in [4.78, 5) is 39.6. The summed E-state index contributed by atoms with van der Waals surface area (Å²) in [6.45, 7) is 4.73. The minimum atomic E-state index is -0.232. The van der Waals surface area contributed by atoms with E-state index in [9.17, 15) is 14.4 Å². The first-order valence-corrected chi connectivity index (χ1v) is 12.5. The van der Waals surface area contributed by atoms with Gasteiger partial charge in [-0.1, -0.05) is 51.3 Å². The number of para-hydroxylation sites is 1. The molecule has 3 amide bonds. The molecule has 0 unspecified atom stereocenters. The zero-order valence-electron chi connectivity index (χ0n) is 18.9. The van der Waals surface area contributed by atoms with Crippen molar-refractivity contribution in [3.63, 3.8) is 0 Å². The third-order valence-electron chi connectivity index (χ3n) is 6.29. The second-order valence-electron chi connectivity index (χ2n) is 8.61. The molecule has 170 valence electrons. The number of fused-ring (bicyclic) bond motifs is 1. The van der Waals surface area contributed by atoms with Gasteiger partial charge in [0.25, 0.3) is 11.1 Å². The van der Waals surface area contributed by atoms with Crippen molar-refractivity contribution in [3.8, 4) is 0 Å². The molecule has 2 aliphatic rings. The third kappa shape index (κ3) is 4.63. The van der Waals surface area contributed by atoms with Gasteiger partial charge in [-0.15, -0.1) is 0 Å². The van der Waals surface area contributed by atoms with E-state index in [4.69, 9.17) is 0 Å². The van der Waals surface area contributed by atoms with Gasteiger partial charge >= 0.3 is 0 Å². The van der Waals surface area contributed by atoms with Crippen molar-refractivity contribution in [2.45, 2.75) is 71.4 Å². The molecule has 1 aromatic heterocycles. The van der Waals surface area contributed by atoms with Crippen LogP contribution in [0.3, 0.4) is 0 Å². The van der Waals surface area contributed by atoms with Crippen molar-refractivity contribution in [1.29, 1.82) is 0 Å². The van der Waals surface area contributed by atoms with Gasteiger partial charge in [0.2, 0.25) is 5.91 Å². The van der Waals surface area contributed by atoms with E-state index in [0.717, 1.165) is 59.5 Å². The lowest BCUT2D eigenvalue weighted by molar-refractivity contribution is -0.123. The molecule has 1 saturated carbocycles. The molecular formula is C25H31N3O3S. The molecule has 1 aliphatic carbocycles. The van der Waals surface area contributed by atoms with Crippen molar-refractivity contribution < 1.29 is 14.4 Å². The van der Waals surface area contributed by atoms with Crippen molar-refractivity contribution in [2.24, 2.45) is 0 Å². The number of benzene rings is 1. The van der Waals surface area contributed by atoms with Crippen LogP contribution in [0.4, 0.5) is 4.79 Å². The van der Waals surface area contributed by atoms with Crippen LogP contribution in [0.15, 0.2) is 29.3 Å². The first-order chi connectivity index (χ1) is 15.5. The largest absolute Gasteiger partial charge is 0.352 e. The summed E-state index contributed by atoms with van der Waals surface area (Å²) in [5, 5.41) is 3.98. The average molecular weight is 454 g/mol. The van der Waals surface area contributed by atoms with Gasteiger partial charge in [0.1, 0.15) is 6.54 Å². The zero-order valence-corrected chi connectivity index (χ0v) is 19.7. The van der Waals surface area contributed by atoms with Crippen LogP contribution in [0.5, 0.6) is 0 Å². The summed E-state index contributed by atoms with van der Waals surface area (Å²) in [5.41, 5.74) is 3.04. The molecule has 0 spiro atoms. The number of nitrogens with one attached hydrogen (secondary N) is 1. The highest BCUT2D eigenvalue weighted by atomic mass is 32.2. The molecule has 1 aromatic carbocycles. The molecule has 0 bridgehead atoms. The van der Waals surface area contributed by atoms with Gasteiger partial charge in [-0.05, 0) is 49.1 Å². The number of hydrogen-bond acceptors (Lipinski definition) is 4. The van der Waals surface area contributed by atoms with Crippen LogP contribution in [0.1, 0.15) is 63.5 Å². The van der Waals surface area contributed by atoms with Gasteiger partial charge in [-0.25, -0.2) is 0 Å². The molecule has 1 saturated heterocycles. The SMILES string of the molecule is CCCN1C(=O)S/C(=C\c2cn(CC(=O)NC3CCCCC3)c3c(CC)cccc23)C1=O. The van der Waals surface area contributed by atoms with E-state index in [-0.39, 0.29) is 29.6 Å². The van der Waals surface area contributed by atoms with Gasteiger partial charge in [0.15, 0.2) is 0 Å². The zero-order chi connectivity index (χ0) is 22.7. The summed E-state index contributed by atoms with van der Waals surface area (Å²) >= 11 is 0.992. The fourth-order valence-corrected chi connectivity index (χ4v) is 5.58. The van der Waals surface area contributed by atoms with E-state index in [1.807, 2.05) is 29.8 Å². The number of nitrogens with zero attached hydrogens (tertiary/aromatic N) is 2. The lowest BCUT2D eigenvalue weighted by Crippen LogP contribution is -2.38. The molecule has 2 aromatic rings. The number of thioether (sulfide) groups is 1. The van der Waals surface area contributed by atoms with Crippen LogP contribution < -0.4 is 5.32 Å². The Balaban J connectivity index is 1.65. The number of hydrogen-bond donors (Lipinski definition) is 1. The van der Waals surface area contributed by atoms with Crippen LogP contribution >= 0.6 is 11.8 Å². The molecule has 1 aliphatic heterocycles. The summed E-state index contributed by atoms with van der Waals surface area (Å²) < 4.78 is 1.99. The Hall–Kier alpha value is -2.54. The number of aryl methyl sites for hydroxylation is 1. The Bertz CT molecular complexity index is 1070. The maximum atomic E-state index is 12.8. The normalized spacial score (nSPS) is 18.8. The Morgan fingerprint density at radius 2 is 1.97 bits per heavy atom. The smallest absolute Gasteiger partial charge is 0.293 e. The highest BCUT2D eigenvalue weighted by Gasteiger charge is 2.34. The third-order valence-corrected chi connectivity index (χ3v) is 7.19. The first kappa shape index (κ1) is 22.6. The highest BCUT2D eigenvalue weighted by molar-refractivity contribution is 8.18. The molecule has 7 heteroatoms. The standard InChI is InChI=1S/C25H31N3O3S/c1-3-13-28-24(30)21(32-25(28)31)14-18-15-27(23-17(4-2)9-8-12-20(18)23)16-22(29)26-19-10-6-5-7-11-19/h8-9,12,14-15,19H,3-7,10-11,13,16H2,1-2H3,(H,26,29)/b21-14-. The molecule has 1 N–H and O–H groups in total. The number of carbonyl (C=O) groups is 3. The topological polar surface area (TPSA) is 71.4 Å². The van der Waals surface area contributed by atoms with Crippen LogP contribution in [0.25, 0.3) is 17.0 Å². The lowest BCUT2D eigenvalue weighted by Gasteiger charge is -2.23. The molecule has 0 atom stereocenters. The number of aromatic nitrogens is 1. The molecule has 2 heterocycles. The average Bonchev–Trinajstić information content (AvgIpc) is 3.26. The number of rotatable bonds is 7. The van der Waals surface area contributed by atoms with E-state index in [1.54, 1.807) is 6.08 Å². The van der Waals surface area contributed by atoms with Crippen molar-refractivity contribution in [3.05, 3.63) is 40.4 Å². The van der Waals surface area contributed by atoms with Gasteiger partial charge in [0.05, 0.1) is 10.4 Å². The molecule has 2 fully saturated rings. The summed E-state index contributed by atoms with van der Waals surface area (Å²) in [6.07, 6.45) is 11.0. The minimum Gasteiger partial charge on any atom is -0.352 e. The predicted molar refractivity (Wildman–Crippen MR) is 129 cm³/mol. The Kier molecular flexibility index (Phi) is 7.04. The van der Waals surface area contributed by atoms with Crippen LogP contribution in [-0.4, -0.2) is 39.1 Å². The molecule has 6 nitrogen and oxygen atoms in total. The van der Waals surface area contributed by atoms with Crippen molar-refractivity contribution in [1.82, 2.24) is 14.8 Å². The van der Waals surface area contributed by atoms with E-state index < -0.39 is 0 Å². The Morgan fingerprint density at radius 1 is 1.19 bits per heavy atom. The van der Waals surface area contributed by atoms with E-state index >= 15 is 0 Å². The monoisotopic (exact) mass is 453 g/mol. The minimum absolute atomic E-state index is 0.0227. The van der Waals surface area contributed by atoms with Gasteiger partial charge < -0.3 is 9.88 Å². The van der Waals surface area contributed by atoms with E-state index in [2.05, 4.69) is 18.3 Å². The maximum absolute atomic E-state index is 12.8. The van der Waals surface area contributed by atoms with Crippen molar-refractivity contribution >= 4 is 45.8 Å². The fraction of sp³-hybridized carbons (Fsp3) is 0.480. The van der Waals surface area contributed by atoms with Crippen molar-refractivity contribution in [2.75, 3.05) is 6.54 Å². The second kappa shape index (κ2) is 9.94. The van der Waals surface area contributed by atoms with Crippen LogP contribution in [0.2, 0.25) is 0 Å². The lowest BCUT2D eigenvalue weighted by atomic mass is 9.95. The Labute approximate surface area is 193 Å². The van der Waals surface area contributed by atoms with E-state index in [1.165, 1.54) is 24.2 Å². The first-order valence-electron chi connectivity index (χ1n) is 11.7. The van der Waals surface area contributed by atoms with Gasteiger partial charge in [-0.2, -0.15) is 0 Å². The number of imide groups is 1. The number of amides is 3. The molecule has 4 rings (SSSR count). The molecule has 0 radical (unpaired) electrons. The van der Waals surface area contributed by atoms with Gasteiger partial charge in [-0.3, -0.25) is 19.3 Å². The maximum Gasteiger partial charge on any atom is 0.293 e. The number of carbonyl (C=O) groups excluding carboxylic acids is 3. The highest BCUT2D eigenvalue weighted by Crippen LogP contribution is 2.35. The second-order valence-corrected chi connectivity index (χ2v) is 9.61. The predicted octanol–water partition coefficient (Wildman–Crippen LogP) is 5.10. The molecular weight excluding hydrogens is 422 g/mol. The van der Waals surface area contributed by atoms with E-state index in [0.29, 0.717) is 11.4 Å². The quantitative estimate of drug-likeness (QED) is 0.592.